The van der Waals surface area contributed by atoms with Crippen LogP contribution in [0.1, 0.15) is 27.2 Å². The smallest absolute Gasteiger partial charge is 0.410 e. The lowest BCUT2D eigenvalue weighted by Gasteiger charge is -2.41. The van der Waals surface area contributed by atoms with Gasteiger partial charge in [0.2, 0.25) is 0 Å². The predicted octanol–water partition coefficient (Wildman–Crippen LogP) is 0.597. The molecule has 0 saturated carbocycles. The van der Waals surface area contributed by atoms with Crippen molar-refractivity contribution < 1.29 is 19.7 Å². The van der Waals surface area contributed by atoms with Crippen LogP contribution in [-0.4, -0.2) is 52.6 Å². The van der Waals surface area contributed by atoms with Gasteiger partial charge in [0.15, 0.2) is 0 Å². The molecular formula is C11H21NO4. The number of hydrogen-bond acceptors (Lipinski definition) is 4. The molecule has 0 aromatic rings. The minimum absolute atomic E-state index is 0.0237. The Hall–Kier alpha value is -0.810. The van der Waals surface area contributed by atoms with Gasteiger partial charge in [0, 0.05) is 25.6 Å². The topological polar surface area (TPSA) is 70.0 Å². The highest BCUT2D eigenvalue weighted by molar-refractivity contribution is 5.69. The summed E-state index contributed by atoms with van der Waals surface area (Å²) < 4.78 is 5.19. The standard InChI is InChI=1S/C11H21NO4/c1-11(2,3)16-10(15)12-6-8(7-12)9(14)4-5-13/h8-9,13-14H,4-7H2,1-3H3. The Labute approximate surface area is 96.0 Å². The Morgan fingerprint density at radius 3 is 2.50 bits per heavy atom. The Morgan fingerprint density at radius 2 is 2.06 bits per heavy atom. The fourth-order valence-electron chi connectivity index (χ4n) is 1.60. The van der Waals surface area contributed by atoms with Crippen LogP contribution in [0.15, 0.2) is 0 Å². The van der Waals surface area contributed by atoms with Crippen LogP contribution in [0.25, 0.3) is 0 Å². The van der Waals surface area contributed by atoms with Gasteiger partial charge in [-0.2, -0.15) is 0 Å². The van der Waals surface area contributed by atoms with E-state index in [1.54, 1.807) is 4.90 Å². The fourth-order valence-corrected chi connectivity index (χ4v) is 1.60. The zero-order valence-corrected chi connectivity index (χ0v) is 10.1. The van der Waals surface area contributed by atoms with Crippen molar-refractivity contribution in [2.24, 2.45) is 5.92 Å². The van der Waals surface area contributed by atoms with E-state index in [0.717, 1.165) is 0 Å². The van der Waals surface area contributed by atoms with Gasteiger partial charge in [-0.25, -0.2) is 4.79 Å². The van der Waals surface area contributed by atoms with Crippen molar-refractivity contribution in [1.82, 2.24) is 4.90 Å². The van der Waals surface area contributed by atoms with Gasteiger partial charge in [-0.1, -0.05) is 0 Å². The molecule has 0 aromatic heterocycles. The van der Waals surface area contributed by atoms with Crippen LogP contribution in [0.5, 0.6) is 0 Å². The van der Waals surface area contributed by atoms with Crippen molar-refractivity contribution in [3.05, 3.63) is 0 Å². The van der Waals surface area contributed by atoms with Crippen molar-refractivity contribution in [1.29, 1.82) is 0 Å². The van der Waals surface area contributed by atoms with Crippen LogP contribution in [-0.2, 0) is 4.74 Å². The molecule has 1 saturated heterocycles. The summed E-state index contributed by atoms with van der Waals surface area (Å²) in [7, 11) is 0. The molecule has 1 aliphatic rings. The number of rotatable bonds is 3. The van der Waals surface area contributed by atoms with E-state index in [1.807, 2.05) is 20.8 Å². The highest BCUT2D eigenvalue weighted by atomic mass is 16.6. The van der Waals surface area contributed by atoms with Gasteiger partial charge in [0.25, 0.3) is 0 Å². The monoisotopic (exact) mass is 231 g/mol. The van der Waals surface area contributed by atoms with Gasteiger partial charge >= 0.3 is 6.09 Å². The van der Waals surface area contributed by atoms with E-state index < -0.39 is 11.7 Å². The van der Waals surface area contributed by atoms with Gasteiger partial charge in [0.1, 0.15) is 5.60 Å². The molecule has 0 bridgehead atoms. The summed E-state index contributed by atoms with van der Waals surface area (Å²) in [6, 6.07) is 0. The molecule has 1 rings (SSSR count). The minimum Gasteiger partial charge on any atom is -0.444 e. The molecule has 1 heterocycles. The first-order valence-corrected chi connectivity index (χ1v) is 5.60. The van der Waals surface area contributed by atoms with Gasteiger partial charge in [-0.05, 0) is 27.2 Å². The second-order valence-corrected chi connectivity index (χ2v) is 5.23. The first-order chi connectivity index (χ1) is 7.33. The van der Waals surface area contributed by atoms with Crippen molar-refractivity contribution in [3.63, 3.8) is 0 Å². The van der Waals surface area contributed by atoms with Crippen molar-refractivity contribution in [2.75, 3.05) is 19.7 Å². The molecule has 0 radical (unpaired) electrons. The summed E-state index contributed by atoms with van der Waals surface area (Å²) >= 11 is 0. The van der Waals surface area contributed by atoms with Gasteiger partial charge in [0.05, 0.1) is 6.10 Å². The SMILES string of the molecule is CC(C)(C)OC(=O)N1CC(C(O)CCO)C1. The summed E-state index contributed by atoms with van der Waals surface area (Å²) in [5, 5.41) is 18.2. The van der Waals surface area contributed by atoms with Gasteiger partial charge < -0.3 is 19.8 Å². The average molecular weight is 231 g/mol. The number of likely N-dealkylation sites (tertiary alicyclic amines) is 1. The first-order valence-electron chi connectivity index (χ1n) is 5.60. The normalized spacial score (nSPS) is 19.2. The Morgan fingerprint density at radius 1 is 1.50 bits per heavy atom. The van der Waals surface area contributed by atoms with Crippen LogP contribution in [0.3, 0.4) is 0 Å². The second-order valence-electron chi connectivity index (χ2n) is 5.23. The molecule has 1 unspecified atom stereocenters. The van der Waals surface area contributed by atoms with Crippen molar-refractivity contribution >= 4 is 6.09 Å². The third kappa shape index (κ3) is 3.64. The van der Waals surface area contributed by atoms with Gasteiger partial charge in [-0.3, -0.25) is 0 Å². The maximum atomic E-state index is 11.5. The maximum Gasteiger partial charge on any atom is 0.410 e. The number of carbonyl (C=O) groups is 1. The Balaban J connectivity index is 2.28. The summed E-state index contributed by atoms with van der Waals surface area (Å²) in [4.78, 5) is 13.1. The number of aliphatic hydroxyl groups excluding tert-OH is 2. The molecule has 1 atom stereocenters. The molecule has 0 aromatic carbocycles. The zero-order valence-electron chi connectivity index (χ0n) is 10.1. The Kier molecular flexibility index (Phi) is 4.15. The molecule has 0 spiro atoms. The number of carbonyl (C=O) groups excluding carboxylic acids is 1. The number of aliphatic hydroxyl groups is 2. The van der Waals surface area contributed by atoms with E-state index in [4.69, 9.17) is 9.84 Å². The largest absolute Gasteiger partial charge is 0.444 e. The van der Waals surface area contributed by atoms with Crippen LogP contribution < -0.4 is 0 Å². The summed E-state index contributed by atoms with van der Waals surface area (Å²) in [6.07, 6.45) is -0.490. The summed E-state index contributed by atoms with van der Waals surface area (Å²) in [5.74, 6) is 0.0691. The summed E-state index contributed by atoms with van der Waals surface area (Å²) in [6.45, 7) is 6.46. The molecule has 1 fully saturated rings. The van der Waals surface area contributed by atoms with E-state index in [2.05, 4.69) is 0 Å². The lowest BCUT2D eigenvalue weighted by Crippen LogP contribution is -2.55. The van der Waals surface area contributed by atoms with E-state index in [0.29, 0.717) is 19.5 Å². The van der Waals surface area contributed by atoms with E-state index in [9.17, 15) is 9.90 Å². The van der Waals surface area contributed by atoms with Crippen LogP contribution >= 0.6 is 0 Å². The summed E-state index contributed by atoms with van der Waals surface area (Å²) in [5.41, 5.74) is -0.480. The third-order valence-electron chi connectivity index (χ3n) is 2.53. The Bertz CT molecular complexity index is 243. The lowest BCUT2D eigenvalue weighted by molar-refractivity contribution is -0.0353. The quantitative estimate of drug-likeness (QED) is 0.746. The van der Waals surface area contributed by atoms with Gasteiger partial charge in [-0.15, -0.1) is 0 Å². The molecule has 5 nitrogen and oxygen atoms in total. The number of amides is 1. The number of hydrogen-bond donors (Lipinski definition) is 2. The molecule has 2 N–H and O–H groups in total. The first kappa shape index (κ1) is 13.3. The number of nitrogens with zero attached hydrogens (tertiary/aromatic N) is 1. The predicted molar refractivity (Wildman–Crippen MR) is 59.0 cm³/mol. The molecular weight excluding hydrogens is 210 g/mol. The zero-order chi connectivity index (χ0) is 12.3. The average Bonchev–Trinajstić information content (AvgIpc) is 1.97. The van der Waals surface area contributed by atoms with E-state index in [-0.39, 0.29) is 18.6 Å². The van der Waals surface area contributed by atoms with E-state index >= 15 is 0 Å². The molecule has 0 aliphatic carbocycles. The van der Waals surface area contributed by atoms with Crippen LogP contribution in [0, 0.1) is 5.92 Å². The molecule has 16 heavy (non-hydrogen) atoms. The maximum absolute atomic E-state index is 11.5. The van der Waals surface area contributed by atoms with Crippen molar-refractivity contribution in [3.8, 4) is 0 Å². The van der Waals surface area contributed by atoms with Crippen LogP contribution in [0.2, 0.25) is 0 Å². The third-order valence-corrected chi connectivity index (χ3v) is 2.53. The fraction of sp³-hybridized carbons (Fsp3) is 0.909. The number of ether oxygens (including phenoxy) is 1. The molecule has 1 aliphatic heterocycles. The molecule has 5 heteroatoms. The second kappa shape index (κ2) is 5.01. The highest BCUT2D eigenvalue weighted by Gasteiger charge is 2.37. The molecule has 94 valence electrons. The minimum atomic E-state index is -0.524. The van der Waals surface area contributed by atoms with E-state index in [1.165, 1.54) is 0 Å². The van der Waals surface area contributed by atoms with Crippen molar-refractivity contribution in [2.45, 2.75) is 38.9 Å². The van der Waals surface area contributed by atoms with Crippen LogP contribution in [0.4, 0.5) is 4.79 Å². The lowest BCUT2D eigenvalue weighted by atomic mass is 9.92. The molecule has 1 amide bonds. The highest BCUT2D eigenvalue weighted by Crippen LogP contribution is 2.23.